The second-order valence-corrected chi connectivity index (χ2v) is 8.07. The topological polar surface area (TPSA) is 51.2 Å². The fourth-order valence-electron chi connectivity index (χ4n) is 2.33. The van der Waals surface area contributed by atoms with Gasteiger partial charge in [0.25, 0.3) is 0 Å². The number of hydrogen-bond donors (Lipinski definition) is 1. The number of nitrogens with one attached hydrogen (secondary N) is 1. The minimum absolute atomic E-state index is 0.131. The molecule has 140 valence electrons. The molecule has 27 heavy (non-hydrogen) atoms. The fourth-order valence-corrected chi connectivity index (χ4v) is 4.33. The highest BCUT2D eigenvalue weighted by atomic mass is 35.5. The van der Waals surface area contributed by atoms with E-state index < -0.39 is 0 Å². The summed E-state index contributed by atoms with van der Waals surface area (Å²) in [6.07, 6.45) is 0.131. The SMILES string of the molecule is COc1ccc(Cl)cc1NC(=O)Cc1csc(SCc2ccccc2F)n1. The van der Waals surface area contributed by atoms with Crippen LogP contribution in [0, 0.1) is 5.82 Å². The molecule has 0 atom stereocenters. The third-order valence-electron chi connectivity index (χ3n) is 3.62. The molecule has 8 heteroatoms. The number of anilines is 1. The first-order valence-electron chi connectivity index (χ1n) is 7.99. The van der Waals surface area contributed by atoms with E-state index in [1.165, 1.54) is 36.3 Å². The van der Waals surface area contributed by atoms with Gasteiger partial charge in [0.2, 0.25) is 5.91 Å². The molecule has 0 aliphatic rings. The monoisotopic (exact) mass is 422 g/mol. The van der Waals surface area contributed by atoms with Gasteiger partial charge in [-0.2, -0.15) is 0 Å². The van der Waals surface area contributed by atoms with Crippen LogP contribution in [0.2, 0.25) is 5.02 Å². The van der Waals surface area contributed by atoms with Crippen LogP contribution in [0.25, 0.3) is 0 Å². The summed E-state index contributed by atoms with van der Waals surface area (Å²) in [6.45, 7) is 0. The molecule has 0 saturated heterocycles. The third-order valence-corrected chi connectivity index (χ3v) is 5.97. The normalized spacial score (nSPS) is 10.6. The molecular weight excluding hydrogens is 407 g/mol. The number of rotatable bonds is 7. The molecule has 0 bridgehead atoms. The Hall–Kier alpha value is -2.09. The maximum absolute atomic E-state index is 13.7. The minimum Gasteiger partial charge on any atom is -0.495 e. The summed E-state index contributed by atoms with van der Waals surface area (Å²) in [5, 5.41) is 5.12. The number of thiazole rings is 1. The van der Waals surface area contributed by atoms with Gasteiger partial charge in [0.05, 0.1) is 24.9 Å². The second-order valence-electron chi connectivity index (χ2n) is 5.55. The molecule has 1 aromatic heterocycles. The summed E-state index contributed by atoms with van der Waals surface area (Å²) in [5.74, 6) is 0.584. The number of hydrogen-bond acceptors (Lipinski definition) is 5. The van der Waals surface area contributed by atoms with Crippen molar-refractivity contribution in [1.82, 2.24) is 4.98 Å². The highest BCUT2D eigenvalue weighted by Crippen LogP contribution is 2.29. The van der Waals surface area contributed by atoms with Crippen molar-refractivity contribution in [2.24, 2.45) is 0 Å². The van der Waals surface area contributed by atoms with E-state index in [1.807, 2.05) is 5.38 Å². The Balaban J connectivity index is 1.58. The quantitative estimate of drug-likeness (QED) is 0.516. The van der Waals surface area contributed by atoms with Crippen LogP contribution >= 0.6 is 34.7 Å². The summed E-state index contributed by atoms with van der Waals surface area (Å²) in [5.41, 5.74) is 1.80. The average Bonchev–Trinajstić information content (AvgIpc) is 3.08. The van der Waals surface area contributed by atoms with Crippen LogP contribution in [0.1, 0.15) is 11.3 Å². The number of halogens is 2. The molecule has 0 spiro atoms. The summed E-state index contributed by atoms with van der Waals surface area (Å²) >= 11 is 8.85. The molecule has 1 amide bonds. The van der Waals surface area contributed by atoms with Gasteiger partial charge >= 0.3 is 0 Å². The molecule has 0 fully saturated rings. The van der Waals surface area contributed by atoms with Crippen molar-refractivity contribution < 1.29 is 13.9 Å². The first kappa shape index (κ1) is 19.7. The van der Waals surface area contributed by atoms with Crippen molar-refractivity contribution in [3.63, 3.8) is 0 Å². The van der Waals surface area contributed by atoms with Gasteiger partial charge in [-0.15, -0.1) is 11.3 Å². The lowest BCUT2D eigenvalue weighted by Gasteiger charge is -2.10. The summed E-state index contributed by atoms with van der Waals surface area (Å²) in [6, 6.07) is 11.7. The number of carbonyl (C=O) groups excluding carboxylic acids is 1. The lowest BCUT2D eigenvalue weighted by molar-refractivity contribution is -0.115. The third kappa shape index (κ3) is 5.45. The number of benzene rings is 2. The molecule has 0 radical (unpaired) electrons. The number of amides is 1. The zero-order valence-corrected chi connectivity index (χ0v) is 16.8. The Morgan fingerprint density at radius 2 is 2.15 bits per heavy atom. The van der Waals surface area contributed by atoms with Crippen LogP contribution in [0.4, 0.5) is 10.1 Å². The lowest BCUT2D eigenvalue weighted by atomic mass is 10.2. The van der Waals surface area contributed by atoms with E-state index in [0.717, 1.165) is 4.34 Å². The largest absolute Gasteiger partial charge is 0.495 e. The Morgan fingerprint density at radius 3 is 2.93 bits per heavy atom. The molecule has 2 aromatic carbocycles. The van der Waals surface area contributed by atoms with Crippen molar-refractivity contribution in [2.75, 3.05) is 12.4 Å². The van der Waals surface area contributed by atoms with Crippen LogP contribution in [0.15, 0.2) is 52.2 Å². The standard InChI is InChI=1S/C19H16ClFN2O2S2/c1-25-17-7-6-13(20)8-16(17)23-18(24)9-14-11-27-19(22-14)26-10-12-4-2-3-5-15(12)21/h2-8,11H,9-10H2,1H3,(H,23,24). The maximum Gasteiger partial charge on any atom is 0.230 e. The maximum atomic E-state index is 13.7. The predicted octanol–water partition coefficient (Wildman–Crippen LogP) is 5.42. The van der Waals surface area contributed by atoms with Crippen LogP contribution in [-0.2, 0) is 17.0 Å². The van der Waals surface area contributed by atoms with Gasteiger partial charge in [0.15, 0.2) is 0 Å². The zero-order chi connectivity index (χ0) is 19.2. The van der Waals surface area contributed by atoms with Gasteiger partial charge in [-0.3, -0.25) is 4.79 Å². The van der Waals surface area contributed by atoms with E-state index in [1.54, 1.807) is 36.4 Å². The van der Waals surface area contributed by atoms with Crippen molar-refractivity contribution in [3.8, 4) is 5.75 Å². The zero-order valence-electron chi connectivity index (χ0n) is 14.4. The Bertz CT molecular complexity index is 949. The van der Waals surface area contributed by atoms with Crippen LogP contribution in [0.3, 0.4) is 0 Å². The first-order chi connectivity index (χ1) is 13.0. The number of carbonyl (C=O) groups is 1. The number of ether oxygens (including phenoxy) is 1. The van der Waals surface area contributed by atoms with Gasteiger partial charge < -0.3 is 10.1 Å². The Labute approximate surface area is 169 Å². The number of nitrogens with zero attached hydrogens (tertiary/aromatic N) is 1. The van der Waals surface area contributed by atoms with Gasteiger partial charge in [-0.25, -0.2) is 9.37 Å². The average molecular weight is 423 g/mol. The van der Waals surface area contributed by atoms with Crippen LogP contribution in [0.5, 0.6) is 5.75 Å². The fraction of sp³-hybridized carbons (Fsp3) is 0.158. The number of aromatic nitrogens is 1. The van der Waals surface area contributed by atoms with E-state index in [4.69, 9.17) is 16.3 Å². The molecule has 0 aliphatic heterocycles. The highest BCUT2D eigenvalue weighted by Gasteiger charge is 2.12. The summed E-state index contributed by atoms with van der Waals surface area (Å²) in [4.78, 5) is 16.7. The molecule has 3 rings (SSSR count). The van der Waals surface area contributed by atoms with Crippen molar-refractivity contribution in [2.45, 2.75) is 16.5 Å². The molecule has 1 N–H and O–H groups in total. The molecule has 3 aromatic rings. The molecule has 0 unspecified atom stereocenters. The molecule has 1 heterocycles. The van der Waals surface area contributed by atoms with Crippen molar-refractivity contribution in [1.29, 1.82) is 0 Å². The highest BCUT2D eigenvalue weighted by molar-refractivity contribution is 8.00. The van der Waals surface area contributed by atoms with Gasteiger partial charge in [0, 0.05) is 16.2 Å². The molecule has 0 saturated carbocycles. The van der Waals surface area contributed by atoms with Gasteiger partial charge in [-0.05, 0) is 29.8 Å². The molecular formula is C19H16ClFN2O2S2. The van der Waals surface area contributed by atoms with E-state index in [2.05, 4.69) is 10.3 Å². The lowest BCUT2D eigenvalue weighted by Crippen LogP contribution is -2.15. The smallest absolute Gasteiger partial charge is 0.230 e. The van der Waals surface area contributed by atoms with Crippen LogP contribution < -0.4 is 10.1 Å². The summed E-state index contributed by atoms with van der Waals surface area (Å²) in [7, 11) is 1.53. The molecule has 0 aliphatic carbocycles. The predicted molar refractivity (Wildman–Crippen MR) is 108 cm³/mol. The Kier molecular flexibility index (Phi) is 6.71. The van der Waals surface area contributed by atoms with Gasteiger partial charge in [-0.1, -0.05) is 41.6 Å². The summed E-state index contributed by atoms with van der Waals surface area (Å²) < 4.78 is 19.7. The van der Waals surface area contributed by atoms with E-state index >= 15 is 0 Å². The van der Waals surface area contributed by atoms with Gasteiger partial charge in [0.1, 0.15) is 15.9 Å². The number of thioether (sulfide) groups is 1. The van der Waals surface area contributed by atoms with Crippen molar-refractivity contribution in [3.05, 3.63) is 69.9 Å². The van der Waals surface area contributed by atoms with Crippen LogP contribution in [-0.4, -0.2) is 18.0 Å². The van der Waals surface area contributed by atoms with E-state index in [0.29, 0.717) is 33.5 Å². The first-order valence-corrected chi connectivity index (χ1v) is 10.2. The molecule has 4 nitrogen and oxygen atoms in total. The van der Waals surface area contributed by atoms with E-state index in [-0.39, 0.29) is 18.1 Å². The second kappa shape index (κ2) is 9.21. The number of methoxy groups -OCH3 is 1. The Morgan fingerprint density at radius 1 is 1.33 bits per heavy atom. The van der Waals surface area contributed by atoms with Crippen molar-refractivity contribution >= 4 is 46.3 Å². The minimum atomic E-state index is -0.225. The van der Waals surface area contributed by atoms with E-state index in [9.17, 15) is 9.18 Å².